The molecule has 1 N–H and O–H groups in total. The average molecular weight is 179 g/mol. The summed E-state index contributed by atoms with van der Waals surface area (Å²) in [5.41, 5.74) is 0. The Morgan fingerprint density at radius 2 is 2.15 bits per heavy atom. The van der Waals surface area contributed by atoms with Crippen LogP contribution in [0.5, 0.6) is 0 Å². The molecule has 1 rings (SSSR count). The summed E-state index contributed by atoms with van der Waals surface area (Å²) < 4.78 is 0. The molecule has 3 nitrogen and oxygen atoms in total. The monoisotopic (exact) mass is 179 g/mol. The molecule has 0 unspecified atom stereocenters. The third-order valence-corrected chi connectivity index (χ3v) is 1.20. The lowest BCUT2D eigenvalue weighted by Crippen LogP contribution is -1.99. The van der Waals surface area contributed by atoms with Gasteiger partial charge in [0.05, 0.1) is 6.20 Å². The summed E-state index contributed by atoms with van der Waals surface area (Å²) in [5.74, 6) is 0.811. The summed E-state index contributed by atoms with van der Waals surface area (Å²) in [6, 6.07) is 0. The minimum atomic E-state index is 0.801. The van der Waals surface area contributed by atoms with Gasteiger partial charge in [0.15, 0.2) is 0 Å². The topological polar surface area (TPSA) is 37.8 Å². The number of nitrogens with zero attached hydrogens (tertiary/aromatic N) is 2. The van der Waals surface area contributed by atoms with Gasteiger partial charge < -0.3 is 5.32 Å². The molecule has 0 bridgehead atoms. The Morgan fingerprint density at radius 1 is 1.38 bits per heavy atom. The van der Waals surface area contributed by atoms with Crippen molar-refractivity contribution in [3.05, 3.63) is 30.7 Å². The lowest BCUT2D eigenvalue weighted by molar-refractivity contribution is 1.16. The zero-order chi connectivity index (χ0) is 9.94. The van der Waals surface area contributed by atoms with E-state index < -0.39 is 0 Å². The summed E-state index contributed by atoms with van der Waals surface area (Å²) in [5, 5.41) is 3.09. The second kappa shape index (κ2) is 8.71. The lowest BCUT2D eigenvalue weighted by atomic mass is 10.5. The third-order valence-electron chi connectivity index (χ3n) is 1.20. The number of hydrogen-bond donors (Lipinski definition) is 1. The van der Waals surface area contributed by atoms with E-state index in [1.807, 2.05) is 32.9 Å². The lowest BCUT2D eigenvalue weighted by Gasteiger charge is -1.98. The number of nitrogens with one attached hydrogen (secondary N) is 1. The molecule has 0 fully saturated rings. The van der Waals surface area contributed by atoms with E-state index in [-0.39, 0.29) is 0 Å². The highest BCUT2D eigenvalue weighted by Gasteiger charge is 1.86. The number of allylic oxidation sites excluding steroid dienone is 1. The summed E-state index contributed by atoms with van der Waals surface area (Å²) in [6.45, 7) is 6.79. The van der Waals surface area contributed by atoms with Gasteiger partial charge in [0.2, 0.25) is 0 Å². The van der Waals surface area contributed by atoms with Crippen molar-refractivity contribution in [3.8, 4) is 0 Å². The van der Waals surface area contributed by atoms with Crippen LogP contribution in [0.3, 0.4) is 0 Å². The van der Waals surface area contributed by atoms with Gasteiger partial charge in [-0.3, -0.25) is 4.98 Å². The molecule has 1 aromatic rings. The van der Waals surface area contributed by atoms with Crippen LogP contribution in [0.15, 0.2) is 30.7 Å². The second-order valence-corrected chi connectivity index (χ2v) is 2.04. The SMILES string of the molecule is C/C=C/CNc1cnccn1.CC. The van der Waals surface area contributed by atoms with E-state index >= 15 is 0 Å². The van der Waals surface area contributed by atoms with Gasteiger partial charge in [-0.1, -0.05) is 26.0 Å². The molecule has 0 aliphatic heterocycles. The second-order valence-electron chi connectivity index (χ2n) is 2.04. The van der Waals surface area contributed by atoms with E-state index in [2.05, 4.69) is 15.3 Å². The van der Waals surface area contributed by atoms with Crippen LogP contribution in [0.2, 0.25) is 0 Å². The summed E-state index contributed by atoms with van der Waals surface area (Å²) in [6.07, 6.45) is 9.03. The van der Waals surface area contributed by atoms with E-state index in [1.165, 1.54) is 0 Å². The summed E-state index contributed by atoms with van der Waals surface area (Å²) >= 11 is 0. The van der Waals surface area contributed by atoms with Gasteiger partial charge in [-0.15, -0.1) is 0 Å². The number of hydrogen-bond acceptors (Lipinski definition) is 3. The predicted molar refractivity (Wildman–Crippen MR) is 56.7 cm³/mol. The third kappa shape index (κ3) is 5.84. The first-order chi connectivity index (χ1) is 6.43. The average Bonchev–Trinajstić information content (AvgIpc) is 2.23. The Morgan fingerprint density at radius 3 is 2.69 bits per heavy atom. The molecule has 0 atom stereocenters. The van der Waals surface area contributed by atoms with E-state index in [0.717, 1.165) is 12.4 Å². The van der Waals surface area contributed by atoms with Crippen molar-refractivity contribution >= 4 is 5.82 Å². The molecule has 1 heterocycles. The van der Waals surface area contributed by atoms with Crippen molar-refractivity contribution in [1.82, 2.24) is 9.97 Å². The Bertz CT molecular complexity index is 219. The maximum absolute atomic E-state index is 4.04. The Hall–Kier alpha value is -1.38. The van der Waals surface area contributed by atoms with Gasteiger partial charge in [0.1, 0.15) is 5.82 Å². The predicted octanol–water partition coefficient (Wildman–Crippen LogP) is 2.49. The summed E-state index contributed by atoms with van der Waals surface area (Å²) in [4.78, 5) is 7.96. The first-order valence-corrected chi connectivity index (χ1v) is 4.54. The van der Waals surface area contributed by atoms with Crippen LogP contribution in [0, 0.1) is 0 Å². The molecule has 3 heteroatoms. The van der Waals surface area contributed by atoms with Gasteiger partial charge in [-0.05, 0) is 6.92 Å². The minimum Gasteiger partial charge on any atom is -0.365 e. The molecule has 0 aliphatic carbocycles. The maximum atomic E-state index is 4.04. The standard InChI is InChI=1S/C8H11N3.C2H6/c1-2-3-4-10-8-7-9-5-6-11-8;1-2/h2-3,5-7H,4H2,1H3,(H,10,11);1-2H3/b3-2+;. The van der Waals surface area contributed by atoms with Gasteiger partial charge in [0.25, 0.3) is 0 Å². The van der Waals surface area contributed by atoms with Gasteiger partial charge >= 0.3 is 0 Å². The van der Waals surface area contributed by atoms with Crippen LogP contribution < -0.4 is 5.32 Å². The van der Waals surface area contributed by atoms with Crippen molar-refractivity contribution in [2.75, 3.05) is 11.9 Å². The molecule has 0 amide bonds. The highest BCUT2D eigenvalue weighted by Crippen LogP contribution is 1.95. The van der Waals surface area contributed by atoms with Crippen molar-refractivity contribution < 1.29 is 0 Å². The minimum absolute atomic E-state index is 0.801. The Labute approximate surface area is 79.9 Å². The fourth-order valence-electron chi connectivity index (χ4n) is 0.672. The molecular formula is C10H17N3. The molecule has 0 saturated carbocycles. The molecule has 0 aliphatic rings. The molecule has 0 aromatic carbocycles. The van der Waals surface area contributed by atoms with Crippen LogP contribution >= 0.6 is 0 Å². The molecule has 1 aromatic heterocycles. The van der Waals surface area contributed by atoms with Crippen LogP contribution in [-0.2, 0) is 0 Å². The smallest absolute Gasteiger partial charge is 0.144 e. The van der Waals surface area contributed by atoms with Crippen LogP contribution in [-0.4, -0.2) is 16.5 Å². The van der Waals surface area contributed by atoms with Crippen LogP contribution in [0.25, 0.3) is 0 Å². The zero-order valence-corrected chi connectivity index (χ0v) is 8.49. The van der Waals surface area contributed by atoms with E-state index in [4.69, 9.17) is 0 Å². The largest absolute Gasteiger partial charge is 0.365 e. The Kier molecular flexibility index (Phi) is 7.79. The van der Waals surface area contributed by atoms with E-state index in [0.29, 0.717) is 0 Å². The molecule has 0 spiro atoms. The number of aromatic nitrogens is 2. The molecule has 13 heavy (non-hydrogen) atoms. The maximum Gasteiger partial charge on any atom is 0.144 e. The van der Waals surface area contributed by atoms with Crippen molar-refractivity contribution in [2.45, 2.75) is 20.8 Å². The first-order valence-electron chi connectivity index (χ1n) is 4.54. The molecule has 0 radical (unpaired) electrons. The Balaban J connectivity index is 0.000000671. The molecule has 0 saturated heterocycles. The van der Waals surface area contributed by atoms with Gasteiger partial charge in [-0.25, -0.2) is 4.98 Å². The number of anilines is 1. The van der Waals surface area contributed by atoms with E-state index in [9.17, 15) is 0 Å². The van der Waals surface area contributed by atoms with Crippen LogP contribution in [0.4, 0.5) is 5.82 Å². The molecular weight excluding hydrogens is 162 g/mol. The summed E-state index contributed by atoms with van der Waals surface area (Å²) in [7, 11) is 0. The van der Waals surface area contributed by atoms with Gasteiger partial charge in [-0.2, -0.15) is 0 Å². The highest BCUT2D eigenvalue weighted by atomic mass is 15.0. The van der Waals surface area contributed by atoms with Crippen molar-refractivity contribution in [3.63, 3.8) is 0 Å². The van der Waals surface area contributed by atoms with Crippen molar-refractivity contribution in [1.29, 1.82) is 0 Å². The quantitative estimate of drug-likeness (QED) is 0.724. The molecule has 72 valence electrons. The van der Waals surface area contributed by atoms with Crippen molar-refractivity contribution in [2.24, 2.45) is 0 Å². The fourth-order valence-corrected chi connectivity index (χ4v) is 0.672. The van der Waals surface area contributed by atoms with E-state index in [1.54, 1.807) is 18.6 Å². The van der Waals surface area contributed by atoms with Gasteiger partial charge in [0, 0.05) is 18.9 Å². The highest BCUT2D eigenvalue weighted by molar-refractivity contribution is 5.30. The zero-order valence-electron chi connectivity index (χ0n) is 8.49. The number of rotatable bonds is 3. The van der Waals surface area contributed by atoms with Crippen LogP contribution in [0.1, 0.15) is 20.8 Å². The fraction of sp³-hybridized carbons (Fsp3) is 0.400. The normalized spacial score (nSPS) is 9.15. The first kappa shape index (κ1) is 11.6.